The highest BCUT2D eigenvalue weighted by atomic mass is 16.7. The summed E-state index contributed by atoms with van der Waals surface area (Å²) in [5, 5.41) is 26.6. The summed E-state index contributed by atoms with van der Waals surface area (Å²) in [4.78, 5) is 27.9. The van der Waals surface area contributed by atoms with E-state index in [2.05, 4.69) is 63.8 Å². The molecular formula is C44H47N5O6. The van der Waals surface area contributed by atoms with E-state index < -0.39 is 6.29 Å². The summed E-state index contributed by atoms with van der Waals surface area (Å²) in [7, 11) is 0. The summed E-state index contributed by atoms with van der Waals surface area (Å²) in [5.41, 5.74) is 8.03. The lowest BCUT2D eigenvalue weighted by atomic mass is 9.89. The Balaban J connectivity index is 1.01. The van der Waals surface area contributed by atoms with Crippen molar-refractivity contribution < 1.29 is 24.3 Å². The molecule has 0 aromatic heterocycles. The van der Waals surface area contributed by atoms with Crippen molar-refractivity contribution in [1.82, 2.24) is 15.5 Å². The minimum atomic E-state index is -0.580. The molecule has 5 aromatic rings. The van der Waals surface area contributed by atoms with Gasteiger partial charge in [0.2, 0.25) is 0 Å². The normalized spacial score (nSPS) is 20.1. The summed E-state index contributed by atoms with van der Waals surface area (Å²) in [6.45, 7) is 7.07. The number of rotatable bonds is 12. The largest absolute Gasteiger partial charge is 0.392 e. The van der Waals surface area contributed by atoms with E-state index >= 15 is 0 Å². The monoisotopic (exact) mass is 741 g/mol. The van der Waals surface area contributed by atoms with Gasteiger partial charge in [0.05, 0.1) is 23.7 Å². The van der Waals surface area contributed by atoms with Gasteiger partial charge in [0, 0.05) is 75.1 Å². The van der Waals surface area contributed by atoms with Crippen molar-refractivity contribution in [2.24, 2.45) is 5.92 Å². The molecule has 4 atom stereocenters. The lowest BCUT2D eigenvalue weighted by Gasteiger charge is -2.44. The maximum absolute atomic E-state index is 12.4. The first kappa shape index (κ1) is 37.7. The Hall–Kier alpha value is -5.59. The first-order chi connectivity index (χ1) is 26.8. The van der Waals surface area contributed by atoms with Crippen molar-refractivity contribution in [3.05, 3.63) is 165 Å². The minimum Gasteiger partial charge on any atom is -0.392 e. The molecule has 7 rings (SSSR count). The molecule has 5 aromatic carbocycles. The summed E-state index contributed by atoms with van der Waals surface area (Å²) in [5.74, 6) is 0.0555. The molecule has 11 nitrogen and oxygen atoms in total. The summed E-state index contributed by atoms with van der Waals surface area (Å²) in [6, 6.07) is 40.8. The number of carbonyl (C=O) groups is 1. The SMILES string of the molecule is C[C@@H]1[C@H](CN2CCN(c3ccc([N+](=O)[O-])cc3)CC2)O[C@H](c2ccc(-c3cccc(CNC(=O)NCc4ccccc4)c3)cc2)O[C@@H]1c1ccc(CO)cc1. The number of carbonyl (C=O) groups excluding carboxylic acids is 1. The van der Waals surface area contributed by atoms with Gasteiger partial charge in [-0.25, -0.2) is 4.79 Å². The molecule has 0 saturated carbocycles. The van der Waals surface area contributed by atoms with Gasteiger partial charge >= 0.3 is 6.03 Å². The number of amides is 2. The molecule has 2 amide bonds. The molecule has 0 radical (unpaired) electrons. The number of hydrogen-bond acceptors (Lipinski definition) is 8. The summed E-state index contributed by atoms with van der Waals surface area (Å²) >= 11 is 0. The number of aliphatic hydroxyl groups is 1. The fourth-order valence-corrected chi connectivity index (χ4v) is 7.27. The van der Waals surface area contributed by atoms with Crippen LogP contribution in [0.1, 0.15) is 47.1 Å². The van der Waals surface area contributed by atoms with E-state index in [1.165, 1.54) is 0 Å². The number of ether oxygens (including phenoxy) is 2. The van der Waals surface area contributed by atoms with Gasteiger partial charge in [-0.1, -0.05) is 104 Å². The summed E-state index contributed by atoms with van der Waals surface area (Å²) < 4.78 is 13.5. The van der Waals surface area contributed by atoms with Crippen molar-refractivity contribution in [3.63, 3.8) is 0 Å². The van der Waals surface area contributed by atoms with Crippen LogP contribution in [-0.2, 0) is 29.2 Å². The smallest absolute Gasteiger partial charge is 0.315 e. The molecule has 0 unspecified atom stereocenters. The lowest BCUT2D eigenvalue weighted by Crippen LogP contribution is -2.51. The standard InChI is InChI=1S/C44H47N5O6/c1-31-41(29-47-22-24-48(25-23-47)39-18-20-40(21-19-39)49(52)53)54-43(55-42(31)36-12-10-33(30-50)11-13-36)37-16-14-35(15-17-37)38-9-5-8-34(26-38)28-46-44(51)45-27-32-6-3-2-4-7-32/h2-21,26,31,41-43,50H,22-25,27-30H2,1H3,(H2,45,46,51)/t31-,41+,42+,43+/m1/s1. The number of nitrogens with zero attached hydrogens (tertiary/aromatic N) is 3. The second kappa shape index (κ2) is 17.7. The number of nitro benzene ring substituents is 1. The predicted molar refractivity (Wildman–Crippen MR) is 212 cm³/mol. The van der Waals surface area contributed by atoms with Crippen LogP contribution in [0.3, 0.4) is 0 Å². The molecule has 2 aliphatic rings. The van der Waals surface area contributed by atoms with Crippen LogP contribution < -0.4 is 15.5 Å². The van der Waals surface area contributed by atoms with Gasteiger partial charge in [0.25, 0.3) is 5.69 Å². The predicted octanol–water partition coefficient (Wildman–Crippen LogP) is 7.37. The average Bonchev–Trinajstić information content (AvgIpc) is 3.24. The van der Waals surface area contributed by atoms with E-state index in [1.54, 1.807) is 12.1 Å². The quantitative estimate of drug-likeness (QED) is 0.0894. The molecule has 0 aliphatic carbocycles. The number of anilines is 1. The van der Waals surface area contributed by atoms with E-state index in [0.29, 0.717) is 13.1 Å². The number of aliphatic hydroxyl groups excluding tert-OH is 1. The highest BCUT2D eigenvalue weighted by molar-refractivity contribution is 5.74. The maximum Gasteiger partial charge on any atom is 0.315 e. The molecule has 2 fully saturated rings. The molecule has 11 heteroatoms. The van der Waals surface area contributed by atoms with Crippen LogP contribution in [-0.4, -0.2) is 59.8 Å². The van der Waals surface area contributed by atoms with Crippen LogP contribution in [0, 0.1) is 16.0 Å². The maximum atomic E-state index is 12.4. The molecule has 2 aliphatic heterocycles. The van der Waals surface area contributed by atoms with E-state index in [0.717, 1.165) is 77.4 Å². The number of benzene rings is 5. The van der Waals surface area contributed by atoms with E-state index in [4.69, 9.17) is 9.47 Å². The third-order valence-corrected chi connectivity index (χ3v) is 10.6. The Morgan fingerprint density at radius 1 is 0.745 bits per heavy atom. The van der Waals surface area contributed by atoms with Crippen LogP contribution in [0.4, 0.5) is 16.2 Å². The van der Waals surface area contributed by atoms with E-state index in [9.17, 15) is 20.0 Å². The van der Waals surface area contributed by atoms with Crippen LogP contribution in [0.15, 0.2) is 127 Å². The Morgan fingerprint density at radius 2 is 1.40 bits per heavy atom. The molecule has 3 N–H and O–H groups in total. The Kier molecular flexibility index (Phi) is 12.1. The number of non-ortho nitro benzene ring substituents is 1. The lowest BCUT2D eigenvalue weighted by molar-refractivity contribution is -0.384. The van der Waals surface area contributed by atoms with Gasteiger partial charge in [0.15, 0.2) is 6.29 Å². The third-order valence-electron chi connectivity index (χ3n) is 10.6. The van der Waals surface area contributed by atoms with Crippen LogP contribution in [0.2, 0.25) is 0 Å². The van der Waals surface area contributed by atoms with Crippen molar-refractivity contribution in [2.45, 2.75) is 45.1 Å². The minimum absolute atomic E-state index is 0.0164. The molecule has 0 bridgehead atoms. The van der Waals surface area contributed by atoms with Gasteiger partial charge in [0.1, 0.15) is 0 Å². The second-order valence-electron chi connectivity index (χ2n) is 14.2. The topological polar surface area (TPSA) is 129 Å². The van der Waals surface area contributed by atoms with Crippen LogP contribution in [0.5, 0.6) is 0 Å². The zero-order valence-electron chi connectivity index (χ0n) is 30.9. The third kappa shape index (κ3) is 9.56. The molecule has 2 saturated heterocycles. The highest BCUT2D eigenvalue weighted by Gasteiger charge is 2.39. The van der Waals surface area contributed by atoms with Gasteiger partial charge in [-0.15, -0.1) is 0 Å². The Morgan fingerprint density at radius 3 is 2.07 bits per heavy atom. The Bertz CT molecular complexity index is 2020. The molecule has 0 spiro atoms. The first-order valence-electron chi connectivity index (χ1n) is 18.8. The van der Waals surface area contributed by atoms with Gasteiger partial charge in [-0.3, -0.25) is 15.0 Å². The van der Waals surface area contributed by atoms with Crippen molar-refractivity contribution in [2.75, 3.05) is 37.6 Å². The molecule has 55 heavy (non-hydrogen) atoms. The number of nitrogens with one attached hydrogen (secondary N) is 2. The first-order valence-corrected chi connectivity index (χ1v) is 18.8. The number of nitro groups is 1. The highest BCUT2D eigenvalue weighted by Crippen LogP contribution is 2.42. The molecule has 2 heterocycles. The fraction of sp³-hybridized carbons (Fsp3) is 0.295. The van der Waals surface area contributed by atoms with Crippen LogP contribution >= 0.6 is 0 Å². The average molecular weight is 742 g/mol. The number of piperazine rings is 1. The van der Waals surface area contributed by atoms with Gasteiger partial charge in [-0.05, 0) is 51.6 Å². The fourth-order valence-electron chi connectivity index (χ4n) is 7.27. The van der Waals surface area contributed by atoms with Gasteiger partial charge < -0.3 is 30.1 Å². The molecular weight excluding hydrogens is 695 g/mol. The zero-order chi connectivity index (χ0) is 38.1. The number of urea groups is 1. The Labute approximate surface area is 321 Å². The molecule has 284 valence electrons. The second-order valence-corrected chi connectivity index (χ2v) is 14.2. The van der Waals surface area contributed by atoms with Crippen molar-refractivity contribution in [1.29, 1.82) is 0 Å². The van der Waals surface area contributed by atoms with E-state index in [1.807, 2.05) is 78.9 Å². The summed E-state index contributed by atoms with van der Waals surface area (Å²) in [6.07, 6.45) is -0.906. The van der Waals surface area contributed by atoms with Gasteiger partial charge in [-0.2, -0.15) is 0 Å². The van der Waals surface area contributed by atoms with Crippen molar-refractivity contribution in [3.8, 4) is 11.1 Å². The van der Waals surface area contributed by atoms with Crippen molar-refractivity contribution >= 4 is 17.4 Å². The van der Waals surface area contributed by atoms with E-state index in [-0.39, 0.29) is 41.4 Å². The number of hydrogen-bond donors (Lipinski definition) is 3. The zero-order valence-corrected chi connectivity index (χ0v) is 30.9. The van der Waals surface area contributed by atoms with Crippen LogP contribution in [0.25, 0.3) is 11.1 Å².